The highest BCUT2D eigenvalue weighted by Gasteiger charge is 2.56. The normalized spacial score (nSPS) is 19.1. The van der Waals surface area contributed by atoms with Gasteiger partial charge in [0.1, 0.15) is 39.7 Å². The van der Waals surface area contributed by atoms with Gasteiger partial charge in [-0.2, -0.15) is 0 Å². The number of hydrogen-bond donors (Lipinski definition) is 4. The molecule has 2 aromatic rings. The molecule has 0 unspecified atom stereocenters. The molecule has 0 radical (unpaired) electrons. The summed E-state index contributed by atoms with van der Waals surface area (Å²) in [5.74, 6) is -2.58. The Bertz CT molecular complexity index is 1450. The molecule has 10 nitrogen and oxygen atoms in total. The van der Waals surface area contributed by atoms with Gasteiger partial charge in [0.15, 0.2) is 17.3 Å². The van der Waals surface area contributed by atoms with Crippen LogP contribution in [-0.2, 0) is 26.3 Å². The SMILES string of the molecule is COc1ccc(CNC(=O)CNC(C)=C2C(=O)C=C3Oc4c(C(C)=O)c(O)c(C)c(O)c4[C@@]3(C)C2=O)cc1. The van der Waals surface area contributed by atoms with Gasteiger partial charge < -0.3 is 30.3 Å². The number of nitrogens with one attached hydrogen (secondary N) is 2. The maximum absolute atomic E-state index is 13.8. The Morgan fingerprint density at radius 2 is 1.71 bits per heavy atom. The number of phenols is 2. The Balaban J connectivity index is 1.59. The Labute approximate surface area is 218 Å². The molecule has 4 N–H and O–H groups in total. The smallest absolute Gasteiger partial charge is 0.239 e. The molecule has 1 amide bonds. The topological polar surface area (TPSA) is 151 Å². The molecular weight excluding hydrogens is 492 g/mol. The van der Waals surface area contributed by atoms with E-state index in [9.17, 15) is 29.4 Å². The van der Waals surface area contributed by atoms with Gasteiger partial charge in [-0.15, -0.1) is 0 Å². The molecule has 38 heavy (non-hydrogen) atoms. The van der Waals surface area contributed by atoms with E-state index in [1.165, 1.54) is 27.7 Å². The van der Waals surface area contributed by atoms with Gasteiger partial charge in [-0.1, -0.05) is 12.1 Å². The van der Waals surface area contributed by atoms with Crippen LogP contribution < -0.4 is 20.1 Å². The minimum atomic E-state index is -1.62. The monoisotopic (exact) mass is 520 g/mol. The van der Waals surface area contributed by atoms with E-state index in [0.29, 0.717) is 5.75 Å². The maximum atomic E-state index is 13.8. The number of methoxy groups -OCH3 is 1. The van der Waals surface area contributed by atoms with Crippen LogP contribution in [0.2, 0.25) is 0 Å². The molecule has 0 saturated carbocycles. The lowest BCUT2D eigenvalue weighted by molar-refractivity contribution is -0.124. The molecule has 198 valence electrons. The number of carbonyl (C=O) groups is 4. The van der Waals surface area contributed by atoms with Crippen molar-refractivity contribution < 1.29 is 38.9 Å². The maximum Gasteiger partial charge on any atom is 0.239 e. The van der Waals surface area contributed by atoms with E-state index in [1.54, 1.807) is 19.2 Å². The van der Waals surface area contributed by atoms with E-state index >= 15 is 0 Å². The minimum Gasteiger partial charge on any atom is -0.507 e. The number of benzene rings is 2. The molecule has 2 aromatic carbocycles. The largest absolute Gasteiger partial charge is 0.507 e. The van der Waals surface area contributed by atoms with E-state index in [4.69, 9.17) is 9.47 Å². The summed E-state index contributed by atoms with van der Waals surface area (Å²) in [5.41, 5.74) is -0.950. The first-order chi connectivity index (χ1) is 17.9. The van der Waals surface area contributed by atoms with Gasteiger partial charge in [-0.25, -0.2) is 0 Å². The molecule has 4 rings (SSSR count). The summed E-state index contributed by atoms with van der Waals surface area (Å²) in [4.78, 5) is 51.4. The molecule has 0 bridgehead atoms. The first-order valence-corrected chi connectivity index (χ1v) is 11.8. The van der Waals surface area contributed by atoms with Crippen molar-refractivity contribution in [3.8, 4) is 23.0 Å². The predicted molar refractivity (Wildman–Crippen MR) is 136 cm³/mol. The summed E-state index contributed by atoms with van der Waals surface area (Å²) in [6.45, 7) is 5.70. The summed E-state index contributed by atoms with van der Waals surface area (Å²) < 4.78 is 10.9. The lowest BCUT2D eigenvalue weighted by Gasteiger charge is -2.29. The van der Waals surface area contributed by atoms with Crippen molar-refractivity contribution in [3.63, 3.8) is 0 Å². The van der Waals surface area contributed by atoms with E-state index in [-0.39, 0.29) is 58.5 Å². The van der Waals surface area contributed by atoms with Gasteiger partial charge in [0.2, 0.25) is 5.91 Å². The van der Waals surface area contributed by atoms with Gasteiger partial charge >= 0.3 is 0 Å². The second-order valence-corrected chi connectivity index (χ2v) is 9.36. The first-order valence-electron chi connectivity index (χ1n) is 11.8. The quantitative estimate of drug-likeness (QED) is 0.245. The Hall–Kier alpha value is -4.60. The number of Topliss-reactive ketones (excluding diaryl/α,β-unsaturated/α-hetero) is 2. The van der Waals surface area contributed by atoms with Crippen LogP contribution in [0.5, 0.6) is 23.0 Å². The van der Waals surface area contributed by atoms with Crippen LogP contribution in [0, 0.1) is 6.92 Å². The first kappa shape index (κ1) is 26.5. The van der Waals surface area contributed by atoms with Gasteiger partial charge in [-0.3, -0.25) is 19.2 Å². The average Bonchev–Trinajstić information content (AvgIpc) is 3.17. The van der Waals surface area contributed by atoms with Crippen molar-refractivity contribution in [2.24, 2.45) is 0 Å². The zero-order chi connectivity index (χ0) is 27.9. The highest BCUT2D eigenvalue weighted by Crippen LogP contribution is 2.57. The van der Waals surface area contributed by atoms with Crippen molar-refractivity contribution in [2.45, 2.75) is 39.7 Å². The van der Waals surface area contributed by atoms with Crippen LogP contribution in [0.25, 0.3) is 0 Å². The number of hydrogen-bond acceptors (Lipinski definition) is 9. The van der Waals surface area contributed by atoms with Crippen LogP contribution in [-0.4, -0.2) is 47.1 Å². The summed E-state index contributed by atoms with van der Waals surface area (Å²) in [7, 11) is 1.56. The Morgan fingerprint density at radius 1 is 1.05 bits per heavy atom. The van der Waals surface area contributed by atoms with Gasteiger partial charge in [0.25, 0.3) is 0 Å². The third kappa shape index (κ3) is 4.17. The molecular formula is C28H28N2O8. The Morgan fingerprint density at radius 3 is 2.32 bits per heavy atom. The average molecular weight is 521 g/mol. The van der Waals surface area contributed by atoms with Crippen LogP contribution in [0.15, 0.2) is 47.4 Å². The Kier molecular flexibility index (Phi) is 6.75. The third-order valence-corrected chi connectivity index (χ3v) is 6.92. The lowest BCUT2D eigenvalue weighted by atomic mass is 9.70. The van der Waals surface area contributed by atoms with Crippen LogP contribution >= 0.6 is 0 Å². The number of carbonyl (C=O) groups excluding carboxylic acids is 4. The van der Waals surface area contributed by atoms with Crippen LogP contribution in [0.1, 0.15) is 47.8 Å². The number of amides is 1. The third-order valence-electron chi connectivity index (χ3n) is 6.92. The number of ketones is 3. The molecule has 1 aliphatic carbocycles. The lowest BCUT2D eigenvalue weighted by Crippen LogP contribution is -2.42. The predicted octanol–water partition coefficient (Wildman–Crippen LogP) is 2.48. The second-order valence-electron chi connectivity index (χ2n) is 9.36. The number of allylic oxidation sites excluding steroid dienone is 4. The zero-order valence-electron chi connectivity index (χ0n) is 21.6. The number of phenolic OH excluding ortho intramolecular Hbond substituents is 2. The number of fused-ring (bicyclic) bond motifs is 3. The fraction of sp³-hybridized carbons (Fsp3) is 0.286. The molecule has 1 heterocycles. The standard InChI is InChI=1S/C28H28N2O8/c1-13-24(34)22(15(3)31)26-23(25(13)35)28(4)19(38-26)10-18(32)21(27(28)36)14(2)29-12-20(33)30-11-16-6-8-17(37-5)9-7-16/h6-10,29,34-35H,11-12H2,1-5H3,(H,30,33)/t28-/m0/s1. The molecule has 1 atom stereocenters. The van der Waals surface area contributed by atoms with Gasteiger partial charge in [-0.05, 0) is 45.4 Å². The molecule has 10 heteroatoms. The molecule has 1 aliphatic heterocycles. The molecule has 0 spiro atoms. The second kappa shape index (κ2) is 9.70. The molecule has 0 fully saturated rings. The van der Waals surface area contributed by atoms with Crippen LogP contribution in [0.4, 0.5) is 0 Å². The summed E-state index contributed by atoms with van der Waals surface area (Å²) in [5, 5.41) is 26.9. The summed E-state index contributed by atoms with van der Waals surface area (Å²) >= 11 is 0. The number of rotatable bonds is 7. The zero-order valence-corrected chi connectivity index (χ0v) is 21.6. The van der Waals surface area contributed by atoms with Crippen LogP contribution in [0.3, 0.4) is 0 Å². The molecule has 2 aliphatic rings. The summed E-state index contributed by atoms with van der Waals surface area (Å²) in [6.07, 6.45) is 1.13. The van der Waals surface area contributed by atoms with Gasteiger partial charge in [0, 0.05) is 23.9 Å². The fourth-order valence-corrected chi connectivity index (χ4v) is 4.67. The van der Waals surface area contributed by atoms with E-state index in [2.05, 4.69) is 10.6 Å². The van der Waals surface area contributed by atoms with E-state index < -0.39 is 34.3 Å². The van der Waals surface area contributed by atoms with Crippen molar-refractivity contribution in [1.82, 2.24) is 10.6 Å². The molecule has 0 saturated heterocycles. The van der Waals surface area contributed by atoms with E-state index in [1.807, 2.05) is 12.1 Å². The van der Waals surface area contributed by atoms with Crippen molar-refractivity contribution in [3.05, 3.63) is 69.6 Å². The van der Waals surface area contributed by atoms with Crippen molar-refractivity contribution >= 4 is 23.3 Å². The van der Waals surface area contributed by atoms with Crippen molar-refractivity contribution in [1.29, 1.82) is 0 Å². The highest BCUT2D eigenvalue weighted by molar-refractivity contribution is 6.31. The van der Waals surface area contributed by atoms with Gasteiger partial charge in [0.05, 0.1) is 24.8 Å². The fourth-order valence-electron chi connectivity index (χ4n) is 4.67. The highest BCUT2D eigenvalue weighted by atomic mass is 16.5. The molecule has 0 aromatic heterocycles. The number of aromatic hydroxyl groups is 2. The minimum absolute atomic E-state index is 0.00397. The van der Waals surface area contributed by atoms with E-state index in [0.717, 1.165) is 11.6 Å². The van der Waals surface area contributed by atoms with Crippen molar-refractivity contribution in [2.75, 3.05) is 13.7 Å². The summed E-state index contributed by atoms with van der Waals surface area (Å²) in [6, 6.07) is 7.20. The number of ether oxygens (including phenoxy) is 2.